The quantitative estimate of drug-likeness (QED) is 0.470. The highest BCUT2D eigenvalue weighted by Gasteiger charge is 2.39. The Kier molecular flexibility index (Phi) is 5.21. The number of carboxylic acids is 1. The van der Waals surface area contributed by atoms with E-state index in [-0.39, 0.29) is 11.3 Å². The van der Waals surface area contributed by atoms with Gasteiger partial charge in [-0.15, -0.1) is 5.10 Å². The highest BCUT2D eigenvalue weighted by molar-refractivity contribution is 6.32. The topological polar surface area (TPSA) is 107 Å². The fraction of sp³-hybridized carbons (Fsp3) is 0.143. The van der Waals surface area contributed by atoms with Crippen molar-refractivity contribution in [1.82, 2.24) is 9.78 Å². The zero-order valence-corrected chi connectivity index (χ0v) is 13.6. The largest absolute Gasteiger partial charge is 0.478 e. The number of rotatable bonds is 5. The lowest BCUT2D eigenvalue weighted by atomic mass is 10.1. The van der Waals surface area contributed by atoms with Gasteiger partial charge in [-0.25, -0.2) is 4.79 Å². The molecule has 0 aliphatic carbocycles. The number of hydrogen-bond acceptors (Lipinski definition) is 5. The maximum Gasteiger partial charge on any atom is 0.434 e. The lowest BCUT2D eigenvalue weighted by molar-refractivity contribution is -0.385. The fourth-order valence-corrected chi connectivity index (χ4v) is 2.32. The number of halogens is 4. The number of aryl methyl sites for hydroxylation is 1. The summed E-state index contributed by atoms with van der Waals surface area (Å²) in [4.78, 5) is 20.8. The van der Waals surface area contributed by atoms with Crippen LogP contribution in [0.25, 0.3) is 6.08 Å². The van der Waals surface area contributed by atoms with Crippen molar-refractivity contribution in [3.63, 3.8) is 0 Å². The predicted octanol–water partition coefficient (Wildman–Crippen LogP) is 3.89. The van der Waals surface area contributed by atoms with E-state index in [4.69, 9.17) is 21.4 Å². The van der Waals surface area contributed by atoms with E-state index < -0.39 is 39.4 Å². The van der Waals surface area contributed by atoms with Gasteiger partial charge in [0.2, 0.25) is 0 Å². The number of nitrogens with zero attached hydrogens (tertiary/aromatic N) is 3. The molecule has 1 aromatic heterocycles. The Morgan fingerprint density at radius 3 is 2.62 bits per heavy atom. The second-order valence-electron chi connectivity index (χ2n) is 4.84. The molecule has 0 amide bonds. The molecular formula is C14H9ClF3N3O5. The molecule has 2 rings (SSSR count). The van der Waals surface area contributed by atoms with Crippen LogP contribution in [0.2, 0.25) is 5.02 Å². The van der Waals surface area contributed by atoms with Crippen LogP contribution in [-0.2, 0) is 18.0 Å². The number of hydrogen-bond donors (Lipinski definition) is 1. The average Bonchev–Trinajstić information content (AvgIpc) is 2.78. The number of benzene rings is 1. The Morgan fingerprint density at radius 1 is 1.46 bits per heavy atom. The summed E-state index contributed by atoms with van der Waals surface area (Å²) in [5.74, 6) is -2.01. The lowest BCUT2D eigenvalue weighted by Gasteiger charge is -2.06. The number of nitro benzene ring substituents is 1. The Bertz CT molecular complexity index is 908. The first-order valence-corrected chi connectivity index (χ1v) is 7.05. The summed E-state index contributed by atoms with van der Waals surface area (Å²) in [6.07, 6.45) is -3.14. The zero-order valence-electron chi connectivity index (χ0n) is 12.8. The van der Waals surface area contributed by atoms with Gasteiger partial charge in [0.1, 0.15) is 10.8 Å². The van der Waals surface area contributed by atoms with E-state index in [9.17, 15) is 28.1 Å². The molecule has 0 radical (unpaired) electrons. The number of alkyl halides is 3. The third kappa shape index (κ3) is 4.11. The van der Waals surface area contributed by atoms with Gasteiger partial charge in [0.05, 0.1) is 10.5 Å². The van der Waals surface area contributed by atoms with Crippen LogP contribution in [0.5, 0.6) is 11.6 Å². The molecule has 26 heavy (non-hydrogen) atoms. The van der Waals surface area contributed by atoms with E-state index in [1.807, 2.05) is 0 Å². The summed E-state index contributed by atoms with van der Waals surface area (Å²) in [6, 6.07) is 3.21. The van der Waals surface area contributed by atoms with Crippen molar-refractivity contribution >= 4 is 29.3 Å². The van der Waals surface area contributed by atoms with Crippen LogP contribution >= 0.6 is 11.6 Å². The van der Waals surface area contributed by atoms with Crippen molar-refractivity contribution in [2.45, 2.75) is 6.18 Å². The highest BCUT2D eigenvalue weighted by atomic mass is 35.5. The molecule has 2 aromatic rings. The third-order valence-corrected chi connectivity index (χ3v) is 3.38. The van der Waals surface area contributed by atoms with E-state index in [1.54, 1.807) is 0 Å². The summed E-state index contributed by atoms with van der Waals surface area (Å²) >= 11 is 5.66. The summed E-state index contributed by atoms with van der Waals surface area (Å²) in [5, 5.41) is 22.4. The fourth-order valence-electron chi connectivity index (χ4n) is 2.02. The molecular weight excluding hydrogens is 383 g/mol. The van der Waals surface area contributed by atoms with Crippen molar-refractivity contribution in [2.24, 2.45) is 7.05 Å². The number of carboxylic acid groups (broad SMARTS) is 1. The Hall–Kier alpha value is -3.08. The van der Waals surface area contributed by atoms with Gasteiger partial charge in [-0.05, 0) is 18.2 Å². The van der Waals surface area contributed by atoms with Crippen LogP contribution in [0.15, 0.2) is 24.3 Å². The molecule has 0 spiro atoms. The monoisotopic (exact) mass is 391 g/mol. The summed E-state index contributed by atoms with van der Waals surface area (Å²) in [6.45, 7) is 0. The van der Waals surface area contributed by atoms with E-state index in [0.29, 0.717) is 10.8 Å². The van der Waals surface area contributed by atoms with Gasteiger partial charge < -0.3 is 9.84 Å². The molecule has 0 saturated heterocycles. The number of ether oxygens (including phenoxy) is 1. The Morgan fingerprint density at radius 2 is 2.12 bits per heavy atom. The zero-order chi connectivity index (χ0) is 19.6. The van der Waals surface area contributed by atoms with Crippen molar-refractivity contribution in [3.8, 4) is 11.6 Å². The molecule has 0 aliphatic heterocycles. The van der Waals surface area contributed by atoms with Crippen LogP contribution < -0.4 is 4.74 Å². The van der Waals surface area contributed by atoms with Crippen molar-refractivity contribution in [1.29, 1.82) is 0 Å². The average molecular weight is 392 g/mol. The molecule has 8 nitrogen and oxygen atoms in total. The van der Waals surface area contributed by atoms with E-state index in [2.05, 4.69) is 5.10 Å². The Balaban J connectivity index is 2.44. The van der Waals surface area contributed by atoms with Crippen LogP contribution in [0, 0.1) is 10.1 Å². The van der Waals surface area contributed by atoms with Crippen molar-refractivity contribution in [2.75, 3.05) is 0 Å². The van der Waals surface area contributed by atoms with Gasteiger partial charge in [0.15, 0.2) is 5.69 Å². The predicted molar refractivity (Wildman–Crippen MR) is 83.1 cm³/mol. The summed E-state index contributed by atoms with van der Waals surface area (Å²) in [7, 11) is 1.03. The molecule has 1 heterocycles. The second kappa shape index (κ2) is 7.04. The third-order valence-electron chi connectivity index (χ3n) is 3.04. The van der Waals surface area contributed by atoms with Gasteiger partial charge in [-0.2, -0.15) is 13.2 Å². The summed E-state index contributed by atoms with van der Waals surface area (Å²) < 4.78 is 44.4. The minimum Gasteiger partial charge on any atom is -0.478 e. The van der Waals surface area contributed by atoms with E-state index in [0.717, 1.165) is 31.3 Å². The maximum atomic E-state index is 12.9. The molecule has 0 aliphatic rings. The first-order valence-electron chi connectivity index (χ1n) is 6.67. The molecule has 0 saturated carbocycles. The molecule has 0 atom stereocenters. The minimum absolute atomic E-state index is 0.116. The minimum atomic E-state index is -4.76. The highest BCUT2D eigenvalue weighted by Crippen LogP contribution is 2.40. The van der Waals surface area contributed by atoms with Gasteiger partial charge in [0, 0.05) is 19.2 Å². The van der Waals surface area contributed by atoms with E-state index >= 15 is 0 Å². The molecule has 0 fully saturated rings. The standard InChI is InChI=1S/C14H9ClF3N3O5/c1-20-12(14(16,17)18)11(15)13(19-20)26-8-3-4-9(21(24)25)7(6-8)2-5-10(22)23/h2-6H,1H3,(H,22,23). The van der Waals surface area contributed by atoms with Gasteiger partial charge in [-0.3, -0.25) is 14.8 Å². The first kappa shape index (κ1) is 19.2. The first-order chi connectivity index (χ1) is 12.0. The smallest absolute Gasteiger partial charge is 0.434 e. The Labute approximate surface area is 148 Å². The van der Waals surface area contributed by atoms with E-state index in [1.165, 1.54) is 0 Å². The number of nitro groups is 1. The molecule has 12 heteroatoms. The lowest BCUT2D eigenvalue weighted by Crippen LogP contribution is -2.12. The van der Waals surface area contributed by atoms with Gasteiger partial charge in [0.25, 0.3) is 11.6 Å². The number of aromatic nitrogens is 2. The molecule has 1 N–H and O–H groups in total. The van der Waals surface area contributed by atoms with Crippen LogP contribution in [0.4, 0.5) is 18.9 Å². The van der Waals surface area contributed by atoms with Crippen molar-refractivity contribution < 1.29 is 32.7 Å². The molecule has 1 aromatic carbocycles. The number of carbonyl (C=O) groups is 1. The van der Waals surface area contributed by atoms with Crippen LogP contribution in [-0.4, -0.2) is 25.8 Å². The van der Waals surface area contributed by atoms with Gasteiger partial charge in [-0.1, -0.05) is 11.6 Å². The van der Waals surface area contributed by atoms with Gasteiger partial charge >= 0.3 is 12.1 Å². The normalized spacial score (nSPS) is 11.7. The number of aliphatic carboxylic acids is 1. The van der Waals surface area contributed by atoms with Crippen molar-refractivity contribution in [3.05, 3.63) is 50.7 Å². The molecule has 138 valence electrons. The SMILES string of the molecule is Cn1nc(Oc2ccc([N+](=O)[O-])c(C=CC(=O)O)c2)c(Cl)c1C(F)(F)F. The maximum absolute atomic E-state index is 12.9. The molecule has 0 bridgehead atoms. The summed E-state index contributed by atoms with van der Waals surface area (Å²) in [5.41, 5.74) is -1.77. The molecule has 0 unspecified atom stereocenters. The van der Waals surface area contributed by atoms with Crippen LogP contribution in [0.3, 0.4) is 0 Å². The second-order valence-corrected chi connectivity index (χ2v) is 5.22. The van der Waals surface area contributed by atoms with Crippen LogP contribution in [0.1, 0.15) is 11.3 Å².